The van der Waals surface area contributed by atoms with Crippen LogP contribution in [0.5, 0.6) is 0 Å². The van der Waals surface area contributed by atoms with E-state index in [0.717, 1.165) is 11.3 Å². The van der Waals surface area contributed by atoms with Crippen LogP contribution in [-0.4, -0.2) is 10.5 Å². The lowest BCUT2D eigenvalue weighted by Crippen LogP contribution is -2.19. The van der Waals surface area contributed by atoms with E-state index in [0.29, 0.717) is 6.42 Å². The number of benzene rings is 1. The number of hydrogen-bond acceptors (Lipinski definition) is 2. The minimum atomic E-state index is 0.0331. The Morgan fingerprint density at radius 2 is 1.91 bits per heavy atom. The second kappa shape index (κ2) is 6.84. The first-order chi connectivity index (χ1) is 11.1. The second-order valence-corrected chi connectivity index (χ2v) is 6.64. The number of thiophene rings is 1. The van der Waals surface area contributed by atoms with E-state index in [1.807, 2.05) is 49.6 Å². The van der Waals surface area contributed by atoms with Crippen molar-refractivity contribution in [1.82, 2.24) is 4.57 Å². The molecule has 2 heterocycles. The number of carbonyl (C=O) groups excluding carboxylic acids is 1. The lowest BCUT2D eigenvalue weighted by molar-refractivity contribution is -0.116. The van der Waals surface area contributed by atoms with E-state index in [1.165, 1.54) is 10.4 Å². The number of rotatable bonds is 5. The van der Waals surface area contributed by atoms with Crippen molar-refractivity contribution in [2.75, 3.05) is 5.32 Å². The van der Waals surface area contributed by atoms with Gasteiger partial charge in [-0.05, 0) is 54.6 Å². The van der Waals surface area contributed by atoms with Crippen LogP contribution in [0.1, 0.15) is 28.5 Å². The number of carbonyl (C=O) groups is 1. The molecular formula is C19H20N2OS. The fraction of sp³-hybridized carbons (Fsp3) is 0.211. The van der Waals surface area contributed by atoms with Crippen LogP contribution in [-0.2, 0) is 4.79 Å². The Labute approximate surface area is 140 Å². The molecule has 1 amide bonds. The Bertz CT molecular complexity index is 742. The molecule has 118 valence electrons. The summed E-state index contributed by atoms with van der Waals surface area (Å²) in [5.74, 6) is 0.0331. The molecule has 1 aromatic carbocycles. The first-order valence-corrected chi connectivity index (χ1v) is 8.55. The van der Waals surface area contributed by atoms with E-state index >= 15 is 0 Å². The highest BCUT2D eigenvalue weighted by Crippen LogP contribution is 2.27. The predicted molar refractivity (Wildman–Crippen MR) is 96.1 cm³/mol. The molecule has 0 aliphatic rings. The van der Waals surface area contributed by atoms with E-state index in [2.05, 4.69) is 34.3 Å². The van der Waals surface area contributed by atoms with Crippen LogP contribution in [0.2, 0.25) is 0 Å². The van der Waals surface area contributed by atoms with Gasteiger partial charge in [0.05, 0.1) is 12.5 Å². The molecule has 0 aliphatic carbocycles. The summed E-state index contributed by atoms with van der Waals surface area (Å²) in [5, 5.41) is 5.11. The summed E-state index contributed by atoms with van der Waals surface area (Å²) in [7, 11) is 0. The van der Waals surface area contributed by atoms with E-state index in [1.54, 1.807) is 11.3 Å². The van der Waals surface area contributed by atoms with Gasteiger partial charge < -0.3 is 9.88 Å². The van der Waals surface area contributed by atoms with E-state index in [-0.39, 0.29) is 11.9 Å². The standard InChI is InChI=1S/C19H20N2OS/c1-14-7-5-8-16(15(14)2)20-19(22)13-17(18-9-6-12-23-18)21-10-3-4-11-21/h3-12,17H,13H2,1-2H3,(H,20,22). The van der Waals surface area contributed by atoms with Gasteiger partial charge in [-0.2, -0.15) is 0 Å². The van der Waals surface area contributed by atoms with Gasteiger partial charge in [0.25, 0.3) is 0 Å². The number of nitrogens with one attached hydrogen (secondary N) is 1. The highest BCUT2D eigenvalue weighted by Gasteiger charge is 2.18. The lowest BCUT2D eigenvalue weighted by Gasteiger charge is -2.18. The topological polar surface area (TPSA) is 34.0 Å². The number of amides is 1. The third-order valence-electron chi connectivity index (χ3n) is 4.12. The van der Waals surface area contributed by atoms with Gasteiger partial charge in [0.15, 0.2) is 0 Å². The van der Waals surface area contributed by atoms with Crippen LogP contribution < -0.4 is 5.32 Å². The molecule has 0 saturated carbocycles. The monoisotopic (exact) mass is 324 g/mol. The van der Waals surface area contributed by atoms with Crippen LogP contribution >= 0.6 is 11.3 Å². The Kier molecular flexibility index (Phi) is 4.63. The fourth-order valence-corrected chi connectivity index (χ4v) is 3.49. The summed E-state index contributed by atoms with van der Waals surface area (Å²) in [6.45, 7) is 4.09. The molecule has 0 spiro atoms. The first kappa shape index (κ1) is 15.6. The van der Waals surface area contributed by atoms with Gasteiger partial charge in [0.1, 0.15) is 0 Å². The third-order valence-corrected chi connectivity index (χ3v) is 5.09. The molecule has 3 rings (SSSR count). The molecule has 0 aliphatic heterocycles. The SMILES string of the molecule is Cc1cccc(NC(=O)CC(c2cccs2)n2cccc2)c1C. The summed E-state index contributed by atoms with van der Waals surface area (Å²) >= 11 is 1.68. The van der Waals surface area contributed by atoms with Crippen LogP contribution in [0.3, 0.4) is 0 Å². The molecule has 3 nitrogen and oxygen atoms in total. The van der Waals surface area contributed by atoms with Gasteiger partial charge in [-0.1, -0.05) is 18.2 Å². The first-order valence-electron chi connectivity index (χ1n) is 7.67. The molecule has 1 N–H and O–H groups in total. The zero-order chi connectivity index (χ0) is 16.2. The Hall–Kier alpha value is -2.33. The number of aromatic nitrogens is 1. The maximum atomic E-state index is 12.6. The summed E-state index contributed by atoms with van der Waals surface area (Å²) in [4.78, 5) is 13.7. The van der Waals surface area contributed by atoms with Gasteiger partial charge in [-0.15, -0.1) is 11.3 Å². The largest absolute Gasteiger partial charge is 0.346 e. The van der Waals surface area contributed by atoms with Crippen LogP contribution in [0.4, 0.5) is 5.69 Å². The van der Waals surface area contributed by atoms with Gasteiger partial charge in [-0.3, -0.25) is 4.79 Å². The normalized spacial score (nSPS) is 12.1. The molecule has 2 aromatic heterocycles. The van der Waals surface area contributed by atoms with Gasteiger partial charge in [-0.25, -0.2) is 0 Å². The lowest BCUT2D eigenvalue weighted by atomic mass is 10.1. The average Bonchev–Trinajstić information content (AvgIpc) is 3.22. The van der Waals surface area contributed by atoms with Gasteiger partial charge >= 0.3 is 0 Å². The van der Waals surface area contributed by atoms with Crippen LogP contribution in [0.15, 0.2) is 60.2 Å². The van der Waals surface area contributed by atoms with Crippen molar-refractivity contribution < 1.29 is 4.79 Å². The molecular weight excluding hydrogens is 304 g/mol. The number of anilines is 1. The third kappa shape index (κ3) is 3.54. The summed E-state index contributed by atoms with van der Waals surface area (Å²) < 4.78 is 2.09. The van der Waals surface area contributed by atoms with Gasteiger partial charge in [0, 0.05) is 23.0 Å². The highest BCUT2D eigenvalue weighted by atomic mass is 32.1. The average molecular weight is 324 g/mol. The molecule has 3 aromatic rings. The van der Waals surface area contributed by atoms with Gasteiger partial charge in [0.2, 0.25) is 5.91 Å². The number of nitrogens with zero attached hydrogens (tertiary/aromatic N) is 1. The van der Waals surface area contributed by atoms with E-state index in [4.69, 9.17) is 0 Å². The molecule has 1 atom stereocenters. The number of hydrogen-bond donors (Lipinski definition) is 1. The quantitative estimate of drug-likeness (QED) is 0.719. The summed E-state index contributed by atoms with van der Waals surface area (Å²) in [5.41, 5.74) is 3.20. The molecule has 0 fully saturated rings. The van der Waals surface area contributed by atoms with Crippen molar-refractivity contribution in [1.29, 1.82) is 0 Å². The van der Waals surface area contributed by atoms with E-state index < -0.39 is 0 Å². The maximum Gasteiger partial charge on any atom is 0.226 e. The van der Waals surface area contributed by atoms with Crippen molar-refractivity contribution in [3.05, 3.63) is 76.2 Å². The summed E-state index contributed by atoms with van der Waals surface area (Å²) in [6, 6.07) is 14.1. The Morgan fingerprint density at radius 1 is 1.13 bits per heavy atom. The van der Waals surface area contributed by atoms with Crippen LogP contribution in [0, 0.1) is 13.8 Å². The molecule has 1 unspecified atom stereocenters. The van der Waals surface area contributed by atoms with Crippen molar-refractivity contribution >= 4 is 22.9 Å². The van der Waals surface area contributed by atoms with E-state index in [9.17, 15) is 4.79 Å². The minimum absolute atomic E-state index is 0.0331. The minimum Gasteiger partial charge on any atom is -0.346 e. The predicted octanol–water partition coefficient (Wildman–Crippen LogP) is 4.78. The van der Waals surface area contributed by atoms with Crippen molar-refractivity contribution in [3.8, 4) is 0 Å². The molecule has 23 heavy (non-hydrogen) atoms. The van der Waals surface area contributed by atoms with Crippen molar-refractivity contribution in [2.45, 2.75) is 26.3 Å². The summed E-state index contributed by atoms with van der Waals surface area (Å²) in [6.07, 6.45) is 4.44. The zero-order valence-electron chi connectivity index (χ0n) is 13.3. The Balaban J connectivity index is 1.78. The highest BCUT2D eigenvalue weighted by molar-refractivity contribution is 7.10. The fourth-order valence-electron chi connectivity index (χ4n) is 2.65. The zero-order valence-corrected chi connectivity index (χ0v) is 14.1. The molecule has 0 saturated heterocycles. The molecule has 0 radical (unpaired) electrons. The molecule has 4 heteroatoms. The van der Waals surface area contributed by atoms with Crippen molar-refractivity contribution in [2.24, 2.45) is 0 Å². The molecule has 0 bridgehead atoms. The number of aryl methyl sites for hydroxylation is 1. The van der Waals surface area contributed by atoms with Crippen molar-refractivity contribution in [3.63, 3.8) is 0 Å². The van der Waals surface area contributed by atoms with Crippen LogP contribution in [0.25, 0.3) is 0 Å². The second-order valence-electron chi connectivity index (χ2n) is 5.66. The maximum absolute atomic E-state index is 12.6. The Morgan fingerprint density at radius 3 is 2.61 bits per heavy atom. The smallest absolute Gasteiger partial charge is 0.226 e.